The zero-order valence-corrected chi connectivity index (χ0v) is 14.1. The Kier molecular flexibility index (Phi) is 5.35. The fourth-order valence-electron chi connectivity index (χ4n) is 2.23. The van der Waals surface area contributed by atoms with Crippen molar-refractivity contribution in [3.63, 3.8) is 0 Å². The van der Waals surface area contributed by atoms with Crippen molar-refractivity contribution in [2.75, 3.05) is 13.7 Å². The number of pyridine rings is 1. The number of carbonyl (C=O) groups excluding carboxylic acids is 1. The van der Waals surface area contributed by atoms with Gasteiger partial charge in [0.25, 0.3) is 0 Å². The lowest BCUT2D eigenvalue weighted by molar-refractivity contribution is 0.0606. The van der Waals surface area contributed by atoms with Gasteiger partial charge in [-0.25, -0.2) is 4.79 Å². The first-order valence-corrected chi connectivity index (χ1v) is 8.39. The van der Waals surface area contributed by atoms with Crippen molar-refractivity contribution in [1.29, 1.82) is 0 Å². The van der Waals surface area contributed by atoms with Crippen LogP contribution >= 0.6 is 11.3 Å². The Labute approximate surface area is 144 Å². The molecule has 0 spiro atoms. The number of ether oxygens (including phenoxy) is 1. The van der Waals surface area contributed by atoms with E-state index in [0.29, 0.717) is 4.88 Å². The van der Waals surface area contributed by atoms with Crippen LogP contribution in [0, 0.1) is 0 Å². The summed E-state index contributed by atoms with van der Waals surface area (Å²) in [5.41, 5.74) is 2.07. The Morgan fingerprint density at radius 2 is 2.08 bits per heavy atom. The average molecular weight is 342 g/mol. The zero-order valence-electron chi connectivity index (χ0n) is 13.3. The summed E-state index contributed by atoms with van der Waals surface area (Å²) in [5.74, 6) is -0.314. The van der Waals surface area contributed by atoms with E-state index in [1.165, 1.54) is 24.0 Å². The number of esters is 1. The molecule has 3 aromatic rings. The molecule has 0 unspecified atom stereocenters. The Morgan fingerprint density at radius 1 is 1.25 bits per heavy atom. The molecule has 0 atom stereocenters. The van der Waals surface area contributed by atoms with Gasteiger partial charge in [0.2, 0.25) is 0 Å². The monoisotopic (exact) mass is 342 g/mol. The third-order valence-corrected chi connectivity index (χ3v) is 4.57. The number of thiophene rings is 1. The summed E-state index contributed by atoms with van der Waals surface area (Å²) in [5, 5.41) is 7.93. The maximum absolute atomic E-state index is 11.5. The smallest absolute Gasteiger partial charge is 0.348 e. The Bertz CT molecular complexity index is 798. The number of aromatic nitrogens is 3. The summed E-state index contributed by atoms with van der Waals surface area (Å²) in [7, 11) is 1.38. The fourth-order valence-corrected chi connectivity index (χ4v) is 3.12. The van der Waals surface area contributed by atoms with E-state index in [4.69, 9.17) is 4.74 Å². The van der Waals surface area contributed by atoms with Crippen molar-refractivity contribution in [2.45, 2.75) is 13.1 Å². The van der Waals surface area contributed by atoms with E-state index in [0.717, 1.165) is 30.2 Å². The molecular weight excluding hydrogens is 324 g/mol. The van der Waals surface area contributed by atoms with E-state index in [1.807, 2.05) is 35.1 Å². The second-order valence-corrected chi connectivity index (χ2v) is 6.24. The van der Waals surface area contributed by atoms with Crippen LogP contribution in [0.1, 0.15) is 15.2 Å². The number of hydrogen-bond donors (Lipinski definition) is 1. The van der Waals surface area contributed by atoms with Crippen molar-refractivity contribution in [3.8, 4) is 10.6 Å². The Morgan fingerprint density at radius 3 is 2.88 bits per heavy atom. The molecule has 0 amide bonds. The van der Waals surface area contributed by atoms with E-state index in [2.05, 4.69) is 15.4 Å². The van der Waals surface area contributed by atoms with Crippen LogP contribution in [0.5, 0.6) is 0 Å². The number of hydrogen-bond acceptors (Lipinski definition) is 6. The second-order valence-electron chi connectivity index (χ2n) is 5.15. The number of methoxy groups -OCH3 is 1. The Hall–Kier alpha value is -2.51. The van der Waals surface area contributed by atoms with Gasteiger partial charge in [-0.15, -0.1) is 11.3 Å². The summed E-state index contributed by atoms with van der Waals surface area (Å²) in [6.45, 7) is 2.41. The van der Waals surface area contributed by atoms with Crippen LogP contribution in [0.15, 0.2) is 48.9 Å². The van der Waals surface area contributed by atoms with Crippen LogP contribution in [0.25, 0.3) is 10.6 Å². The van der Waals surface area contributed by atoms with Crippen molar-refractivity contribution in [3.05, 3.63) is 59.4 Å². The molecule has 3 aromatic heterocycles. The van der Waals surface area contributed by atoms with Crippen molar-refractivity contribution in [1.82, 2.24) is 20.1 Å². The first-order chi connectivity index (χ1) is 11.8. The van der Waals surface area contributed by atoms with E-state index >= 15 is 0 Å². The molecule has 0 aliphatic rings. The molecule has 0 aromatic carbocycles. The first kappa shape index (κ1) is 16.4. The topological polar surface area (TPSA) is 69.0 Å². The zero-order chi connectivity index (χ0) is 16.8. The van der Waals surface area contributed by atoms with Gasteiger partial charge in [0.05, 0.1) is 18.5 Å². The molecule has 0 saturated heterocycles. The van der Waals surface area contributed by atoms with Crippen molar-refractivity contribution < 1.29 is 9.53 Å². The molecule has 24 heavy (non-hydrogen) atoms. The highest BCUT2D eigenvalue weighted by atomic mass is 32.1. The minimum absolute atomic E-state index is 0.314. The van der Waals surface area contributed by atoms with Crippen LogP contribution in [-0.4, -0.2) is 34.4 Å². The highest BCUT2D eigenvalue weighted by molar-refractivity contribution is 7.17. The molecule has 1 N–H and O–H groups in total. The van der Waals surface area contributed by atoms with Crippen LogP contribution in [0.3, 0.4) is 0 Å². The molecule has 0 saturated carbocycles. The quantitative estimate of drug-likeness (QED) is 0.528. The molecule has 0 fully saturated rings. The van der Waals surface area contributed by atoms with Gasteiger partial charge in [0.1, 0.15) is 10.6 Å². The van der Waals surface area contributed by atoms with Gasteiger partial charge in [0, 0.05) is 31.7 Å². The van der Waals surface area contributed by atoms with Crippen molar-refractivity contribution in [2.24, 2.45) is 0 Å². The molecular formula is C17H18N4O2S. The van der Waals surface area contributed by atoms with E-state index in [9.17, 15) is 4.79 Å². The Balaban J connectivity index is 1.52. The first-order valence-electron chi connectivity index (χ1n) is 7.58. The molecule has 3 heterocycles. The minimum Gasteiger partial charge on any atom is -0.465 e. The van der Waals surface area contributed by atoms with Gasteiger partial charge >= 0.3 is 5.97 Å². The number of nitrogens with one attached hydrogen (secondary N) is 1. The highest BCUT2D eigenvalue weighted by Gasteiger charge is 2.11. The summed E-state index contributed by atoms with van der Waals surface area (Å²) in [6.07, 6.45) is 5.53. The second kappa shape index (κ2) is 7.85. The lowest BCUT2D eigenvalue weighted by Crippen LogP contribution is -2.19. The average Bonchev–Trinajstić information content (AvgIpc) is 3.28. The lowest BCUT2D eigenvalue weighted by Gasteiger charge is -2.04. The minimum atomic E-state index is -0.314. The normalized spacial score (nSPS) is 10.7. The van der Waals surface area contributed by atoms with Gasteiger partial charge in [-0.2, -0.15) is 5.10 Å². The van der Waals surface area contributed by atoms with Gasteiger partial charge in [-0.3, -0.25) is 9.67 Å². The van der Waals surface area contributed by atoms with Crippen molar-refractivity contribution >= 4 is 17.3 Å². The standard InChI is InChI=1S/C17H18N4O2S/c1-23-17(22)16-3-2-15(24-16)14-6-10-21(20-14)11-9-19-12-13-4-7-18-8-5-13/h2-8,10,19H,9,11-12H2,1H3. The summed E-state index contributed by atoms with van der Waals surface area (Å²) in [4.78, 5) is 17.0. The molecule has 0 radical (unpaired) electrons. The SMILES string of the molecule is COC(=O)c1ccc(-c2ccn(CCNCc3ccncc3)n2)s1. The molecule has 0 aliphatic carbocycles. The third-order valence-electron chi connectivity index (χ3n) is 3.48. The molecule has 124 valence electrons. The predicted molar refractivity (Wildman–Crippen MR) is 92.8 cm³/mol. The largest absolute Gasteiger partial charge is 0.465 e. The van der Waals surface area contributed by atoms with Crippen LogP contribution < -0.4 is 5.32 Å². The number of rotatable bonds is 7. The molecule has 7 heteroatoms. The van der Waals surface area contributed by atoms with Crippen LogP contribution in [0.2, 0.25) is 0 Å². The number of carbonyl (C=O) groups is 1. The summed E-state index contributed by atoms with van der Waals surface area (Å²) >= 11 is 1.39. The molecule has 6 nitrogen and oxygen atoms in total. The third kappa shape index (κ3) is 4.06. The van der Waals surface area contributed by atoms with E-state index in [1.54, 1.807) is 18.5 Å². The fraction of sp³-hybridized carbons (Fsp3) is 0.235. The van der Waals surface area contributed by atoms with Gasteiger partial charge in [-0.05, 0) is 35.9 Å². The van der Waals surface area contributed by atoms with E-state index in [-0.39, 0.29) is 5.97 Å². The summed E-state index contributed by atoms with van der Waals surface area (Å²) in [6, 6.07) is 9.60. The highest BCUT2D eigenvalue weighted by Crippen LogP contribution is 2.27. The molecule has 3 rings (SSSR count). The molecule has 0 aliphatic heterocycles. The van der Waals surface area contributed by atoms with Crippen LogP contribution in [0.4, 0.5) is 0 Å². The molecule has 0 bridgehead atoms. The maximum Gasteiger partial charge on any atom is 0.348 e. The predicted octanol–water partition coefficient (Wildman–Crippen LogP) is 2.58. The lowest BCUT2D eigenvalue weighted by atomic mass is 10.3. The van der Waals surface area contributed by atoms with Gasteiger partial charge < -0.3 is 10.1 Å². The number of nitrogens with zero attached hydrogens (tertiary/aromatic N) is 3. The van der Waals surface area contributed by atoms with E-state index < -0.39 is 0 Å². The van der Waals surface area contributed by atoms with Gasteiger partial charge in [-0.1, -0.05) is 0 Å². The summed E-state index contributed by atoms with van der Waals surface area (Å²) < 4.78 is 6.62. The van der Waals surface area contributed by atoms with Gasteiger partial charge in [0.15, 0.2) is 0 Å². The van der Waals surface area contributed by atoms with Crippen LogP contribution in [-0.2, 0) is 17.8 Å². The maximum atomic E-state index is 11.5.